The van der Waals surface area contributed by atoms with Gasteiger partial charge in [0.25, 0.3) is 5.91 Å². The molecule has 0 atom stereocenters. The highest BCUT2D eigenvalue weighted by molar-refractivity contribution is 6.08. The SMILES string of the molecule is CC(C)c1c(C(=O)Nc2ccccc2)c(C2CC2)c(-c2ccc(F)cc2)n1CCC(O)(O)CCCC(=O)O. The molecule has 0 unspecified atom stereocenters. The molecule has 4 N–H and O–H groups in total. The van der Waals surface area contributed by atoms with Crippen LogP contribution in [-0.4, -0.2) is 37.6 Å². The number of amides is 1. The van der Waals surface area contributed by atoms with E-state index in [-0.39, 0.29) is 55.8 Å². The largest absolute Gasteiger partial charge is 0.481 e. The number of aliphatic hydroxyl groups is 2. The summed E-state index contributed by atoms with van der Waals surface area (Å²) in [6.07, 6.45) is 1.70. The van der Waals surface area contributed by atoms with E-state index in [1.165, 1.54) is 12.1 Å². The van der Waals surface area contributed by atoms with Gasteiger partial charge in [0.15, 0.2) is 5.79 Å². The average molecular weight is 523 g/mol. The molecule has 202 valence electrons. The number of carbonyl (C=O) groups excluding carboxylic acids is 1. The van der Waals surface area contributed by atoms with Gasteiger partial charge in [-0.3, -0.25) is 9.59 Å². The number of nitrogens with zero attached hydrogens (tertiary/aromatic N) is 1. The summed E-state index contributed by atoms with van der Waals surface area (Å²) in [6, 6.07) is 15.4. The van der Waals surface area contributed by atoms with Crippen molar-refractivity contribution in [2.45, 2.75) is 76.5 Å². The molecular formula is C30H35FN2O5. The van der Waals surface area contributed by atoms with Crippen LogP contribution in [0.15, 0.2) is 54.6 Å². The minimum atomic E-state index is -2.07. The third-order valence-corrected chi connectivity index (χ3v) is 6.95. The molecular weight excluding hydrogens is 487 g/mol. The molecule has 0 radical (unpaired) electrons. The van der Waals surface area contributed by atoms with Crippen molar-refractivity contribution < 1.29 is 29.3 Å². The number of hydrogen-bond acceptors (Lipinski definition) is 4. The third-order valence-electron chi connectivity index (χ3n) is 6.95. The summed E-state index contributed by atoms with van der Waals surface area (Å²) < 4.78 is 15.8. The number of nitrogens with one attached hydrogen (secondary N) is 1. The van der Waals surface area contributed by atoms with E-state index in [9.17, 15) is 24.2 Å². The Morgan fingerprint density at radius 1 is 1.05 bits per heavy atom. The Kier molecular flexibility index (Phi) is 8.33. The molecule has 4 rings (SSSR count). The number of carbonyl (C=O) groups is 2. The first-order chi connectivity index (χ1) is 18.1. The summed E-state index contributed by atoms with van der Waals surface area (Å²) in [5.41, 5.74) is 4.48. The van der Waals surface area contributed by atoms with Gasteiger partial charge in [-0.15, -0.1) is 0 Å². The fraction of sp³-hybridized carbons (Fsp3) is 0.400. The van der Waals surface area contributed by atoms with Gasteiger partial charge in [-0.05, 0) is 78.6 Å². The zero-order valence-corrected chi connectivity index (χ0v) is 21.8. The molecule has 0 saturated heterocycles. The van der Waals surface area contributed by atoms with Gasteiger partial charge < -0.3 is 25.2 Å². The molecule has 0 bridgehead atoms. The Bertz CT molecular complexity index is 1280. The summed E-state index contributed by atoms with van der Waals surface area (Å²) in [6.45, 7) is 4.18. The van der Waals surface area contributed by atoms with E-state index in [2.05, 4.69) is 5.32 Å². The molecule has 2 aromatic carbocycles. The van der Waals surface area contributed by atoms with Gasteiger partial charge in [0.05, 0.1) is 11.3 Å². The number of rotatable bonds is 12. The van der Waals surface area contributed by atoms with Crippen molar-refractivity contribution >= 4 is 17.6 Å². The summed E-state index contributed by atoms with van der Waals surface area (Å²) in [4.78, 5) is 24.7. The van der Waals surface area contributed by atoms with Crippen LogP contribution in [-0.2, 0) is 11.3 Å². The Morgan fingerprint density at radius 3 is 2.29 bits per heavy atom. The van der Waals surface area contributed by atoms with Gasteiger partial charge >= 0.3 is 5.97 Å². The number of para-hydroxylation sites is 1. The Labute approximate surface area is 221 Å². The quantitative estimate of drug-likeness (QED) is 0.222. The molecule has 3 aromatic rings. The topological polar surface area (TPSA) is 112 Å². The molecule has 1 heterocycles. The first-order valence-electron chi connectivity index (χ1n) is 13.1. The van der Waals surface area contributed by atoms with Crippen LogP contribution in [0.5, 0.6) is 0 Å². The Hall–Kier alpha value is -3.49. The number of aromatic nitrogens is 1. The van der Waals surface area contributed by atoms with E-state index in [0.29, 0.717) is 11.3 Å². The lowest BCUT2D eigenvalue weighted by molar-refractivity contribution is -0.173. The summed E-state index contributed by atoms with van der Waals surface area (Å²) >= 11 is 0. The van der Waals surface area contributed by atoms with Crippen molar-refractivity contribution in [3.8, 4) is 11.3 Å². The number of anilines is 1. The maximum absolute atomic E-state index is 13.9. The Balaban J connectivity index is 1.80. The lowest BCUT2D eigenvalue weighted by atomic mass is 9.96. The van der Waals surface area contributed by atoms with Crippen molar-refractivity contribution in [3.63, 3.8) is 0 Å². The number of carboxylic acid groups (broad SMARTS) is 1. The van der Waals surface area contributed by atoms with Crippen LogP contribution in [0.3, 0.4) is 0 Å². The predicted molar refractivity (Wildman–Crippen MR) is 144 cm³/mol. The molecule has 8 heteroatoms. The minimum absolute atomic E-state index is 0.0565. The van der Waals surface area contributed by atoms with E-state index in [0.717, 1.165) is 35.4 Å². The summed E-state index contributed by atoms with van der Waals surface area (Å²) in [7, 11) is 0. The Morgan fingerprint density at radius 2 is 1.71 bits per heavy atom. The monoisotopic (exact) mass is 522 g/mol. The first-order valence-corrected chi connectivity index (χ1v) is 13.1. The zero-order chi connectivity index (χ0) is 27.4. The zero-order valence-electron chi connectivity index (χ0n) is 21.8. The average Bonchev–Trinajstić information content (AvgIpc) is 3.64. The normalized spacial score (nSPS) is 13.6. The fourth-order valence-electron chi connectivity index (χ4n) is 5.07. The molecule has 7 nitrogen and oxygen atoms in total. The van der Waals surface area contributed by atoms with Crippen LogP contribution in [0.25, 0.3) is 11.3 Å². The van der Waals surface area contributed by atoms with Crippen LogP contribution in [0.4, 0.5) is 10.1 Å². The molecule has 0 spiro atoms. The highest BCUT2D eigenvalue weighted by Gasteiger charge is 2.38. The summed E-state index contributed by atoms with van der Waals surface area (Å²) in [5, 5.41) is 33.2. The number of benzene rings is 2. The van der Waals surface area contributed by atoms with E-state index in [4.69, 9.17) is 5.11 Å². The molecule has 1 saturated carbocycles. The molecule has 1 aromatic heterocycles. The van der Waals surface area contributed by atoms with Crippen LogP contribution in [0, 0.1) is 5.82 Å². The van der Waals surface area contributed by atoms with Crippen LogP contribution < -0.4 is 5.32 Å². The summed E-state index contributed by atoms with van der Waals surface area (Å²) in [5.74, 6) is -3.56. The second kappa shape index (κ2) is 11.5. The van der Waals surface area contributed by atoms with Crippen LogP contribution in [0.1, 0.15) is 85.8 Å². The molecule has 1 fully saturated rings. The minimum Gasteiger partial charge on any atom is -0.481 e. The van der Waals surface area contributed by atoms with Crippen molar-refractivity contribution in [1.29, 1.82) is 0 Å². The van der Waals surface area contributed by atoms with Crippen molar-refractivity contribution in [2.75, 3.05) is 5.32 Å². The third kappa shape index (κ3) is 6.49. The second-order valence-electron chi connectivity index (χ2n) is 10.4. The standard InChI is InChI=1S/C30H35FN2O5/c1-19(2)27-26(29(36)32-23-7-4-3-5-8-23)25(20-10-11-20)28(21-12-14-22(31)15-13-21)33(27)18-17-30(37,38)16-6-9-24(34)35/h3-5,7-8,12-15,19-20,37-38H,6,9-11,16-18H2,1-2H3,(H,32,36)(H,34,35). The highest BCUT2D eigenvalue weighted by Crippen LogP contribution is 2.49. The molecule has 1 aliphatic rings. The maximum atomic E-state index is 13.9. The van der Waals surface area contributed by atoms with Crippen molar-refractivity contribution in [1.82, 2.24) is 4.57 Å². The van der Waals surface area contributed by atoms with E-state index >= 15 is 0 Å². The van der Waals surface area contributed by atoms with E-state index < -0.39 is 11.8 Å². The van der Waals surface area contributed by atoms with E-state index in [1.54, 1.807) is 12.1 Å². The van der Waals surface area contributed by atoms with Crippen molar-refractivity contribution in [2.24, 2.45) is 0 Å². The van der Waals surface area contributed by atoms with Gasteiger partial charge in [0, 0.05) is 37.2 Å². The lowest BCUT2D eigenvalue weighted by Crippen LogP contribution is -2.30. The predicted octanol–water partition coefficient (Wildman–Crippen LogP) is 5.87. The maximum Gasteiger partial charge on any atom is 0.303 e. The number of aliphatic carboxylic acids is 1. The molecule has 1 aliphatic carbocycles. The highest BCUT2D eigenvalue weighted by atomic mass is 19.1. The van der Waals surface area contributed by atoms with Crippen LogP contribution in [0.2, 0.25) is 0 Å². The van der Waals surface area contributed by atoms with Gasteiger partial charge in [0.2, 0.25) is 0 Å². The fourth-order valence-corrected chi connectivity index (χ4v) is 5.07. The lowest BCUT2D eigenvalue weighted by Gasteiger charge is -2.24. The van der Waals surface area contributed by atoms with Gasteiger partial charge in [-0.2, -0.15) is 0 Å². The molecule has 38 heavy (non-hydrogen) atoms. The van der Waals surface area contributed by atoms with Gasteiger partial charge in [-0.1, -0.05) is 32.0 Å². The van der Waals surface area contributed by atoms with E-state index in [1.807, 2.05) is 48.7 Å². The van der Waals surface area contributed by atoms with Crippen molar-refractivity contribution in [3.05, 3.63) is 77.2 Å². The van der Waals surface area contributed by atoms with Gasteiger partial charge in [0.1, 0.15) is 5.82 Å². The number of hydrogen-bond donors (Lipinski definition) is 4. The molecule has 1 amide bonds. The molecule has 0 aliphatic heterocycles. The number of halogens is 1. The first kappa shape index (κ1) is 27.5. The number of carboxylic acids is 1. The van der Waals surface area contributed by atoms with Crippen LogP contribution >= 0.6 is 0 Å². The van der Waals surface area contributed by atoms with Gasteiger partial charge in [-0.25, -0.2) is 4.39 Å². The second-order valence-corrected chi connectivity index (χ2v) is 10.4. The smallest absolute Gasteiger partial charge is 0.303 e.